The fourth-order valence-electron chi connectivity index (χ4n) is 1.31. The SMILES string of the molecule is Cc1ccc2sc(B(O)O)cc2c1. The molecule has 66 valence electrons. The highest BCUT2D eigenvalue weighted by Gasteiger charge is 2.14. The second-order valence-electron chi connectivity index (χ2n) is 3.06. The van der Waals surface area contributed by atoms with Gasteiger partial charge in [0, 0.05) is 9.48 Å². The molecule has 1 aromatic carbocycles. The number of fused-ring (bicyclic) bond motifs is 1. The third kappa shape index (κ3) is 1.61. The lowest BCUT2D eigenvalue weighted by atomic mass is 9.89. The maximum Gasteiger partial charge on any atom is 0.499 e. The molecule has 0 aliphatic heterocycles. The van der Waals surface area contributed by atoms with Gasteiger partial charge in [-0.3, -0.25) is 0 Å². The largest absolute Gasteiger partial charge is 0.499 e. The monoisotopic (exact) mass is 192 g/mol. The van der Waals surface area contributed by atoms with E-state index in [9.17, 15) is 0 Å². The van der Waals surface area contributed by atoms with Crippen LogP contribution in [0.4, 0.5) is 0 Å². The lowest BCUT2D eigenvalue weighted by molar-refractivity contribution is 0.427. The van der Waals surface area contributed by atoms with Crippen molar-refractivity contribution in [2.24, 2.45) is 0 Å². The van der Waals surface area contributed by atoms with E-state index in [0.29, 0.717) is 4.78 Å². The van der Waals surface area contributed by atoms with Crippen molar-refractivity contribution in [3.8, 4) is 0 Å². The van der Waals surface area contributed by atoms with Gasteiger partial charge in [-0.1, -0.05) is 17.7 Å². The van der Waals surface area contributed by atoms with Crippen LogP contribution < -0.4 is 4.78 Å². The lowest BCUT2D eigenvalue weighted by Gasteiger charge is -1.90. The van der Waals surface area contributed by atoms with Crippen LogP contribution in [0.1, 0.15) is 5.56 Å². The van der Waals surface area contributed by atoms with Crippen LogP contribution in [0.2, 0.25) is 0 Å². The second kappa shape index (κ2) is 3.14. The smallest absolute Gasteiger partial charge is 0.423 e. The minimum Gasteiger partial charge on any atom is -0.423 e. The first kappa shape index (κ1) is 8.75. The molecule has 0 saturated carbocycles. The average Bonchev–Trinajstić information content (AvgIpc) is 2.46. The van der Waals surface area contributed by atoms with E-state index in [1.54, 1.807) is 0 Å². The van der Waals surface area contributed by atoms with Gasteiger partial charge in [0.1, 0.15) is 0 Å². The van der Waals surface area contributed by atoms with E-state index in [1.165, 1.54) is 16.9 Å². The highest BCUT2D eigenvalue weighted by atomic mass is 32.1. The zero-order valence-corrected chi connectivity index (χ0v) is 8.01. The van der Waals surface area contributed by atoms with Crippen LogP contribution in [0.5, 0.6) is 0 Å². The first-order valence-electron chi connectivity index (χ1n) is 4.03. The number of benzene rings is 1. The Morgan fingerprint density at radius 3 is 2.69 bits per heavy atom. The van der Waals surface area contributed by atoms with Crippen molar-refractivity contribution in [1.82, 2.24) is 0 Å². The van der Waals surface area contributed by atoms with Crippen molar-refractivity contribution in [3.63, 3.8) is 0 Å². The summed E-state index contributed by atoms with van der Waals surface area (Å²) in [7, 11) is -1.35. The molecule has 0 saturated heterocycles. The van der Waals surface area contributed by atoms with Gasteiger partial charge in [0.05, 0.1) is 0 Å². The predicted molar refractivity (Wildman–Crippen MR) is 56.4 cm³/mol. The summed E-state index contributed by atoms with van der Waals surface area (Å²) < 4.78 is 1.69. The van der Waals surface area contributed by atoms with Crippen molar-refractivity contribution >= 4 is 33.3 Å². The highest BCUT2D eigenvalue weighted by molar-refractivity contribution is 7.27. The molecule has 0 bridgehead atoms. The van der Waals surface area contributed by atoms with E-state index in [1.807, 2.05) is 31.2 Å². The van der Waals surface area contributed by atoms with Gasteiger partial charge in [-0.05, 0) is 24.4 Å². The molecular formula is C9H9BO2S. The lowest BCUT2D eigenvalue weighted by Crippen LogP contribution is -2.26. The van der Waals surface area contributed by atoms with Crippen LogP contribution in [0.15, 0.2) is 24.3 Å². The summed E-state index contributed by atoms with van der Waals surface area (Å²) in [6, 6.07) is 7.88. The summed E-state index contributed by atoms with van der Waals surface area (Å²) >= 11 is 1.41. The summed E-state index contributed by atoms with van der Waals surface area (Å²) in [5.41, 5.74) is 1.18. The third-order valence-corrected chi connectivity index (χ3v) is 3.10. The van der Waals surface area contributed by atoms with Gasteiger partial charge in [-0.2, -0.15) is 0 Å². The Kier molecular flexibility index (Phi) is 2.11. The molecule has 2 nitrogen and oxygen atoms in total. The Bertz CT molecular complexity index is 436. The predicted octanol–water partition coefficient (Wildman–Crippen LogP) is 0.890. The van der Waals surface area contributed by atoms with Crippen LogP contribution in [0, 0.1) is 6.92 Å². The average molecular weight is 192 g/mol. The van der Waals surface area contributed by atoms with Crippen LogP contribution in [0.3, 0.4) is 0 Å². The Hall–Kier alpha value is -0.835. The quantitative estimate of drug-likeness (QED) is 0.658. The van der Waals surface area contributed by atoms with Crippen LogP contribution >= 0.6 is 11.3 Å². The maximum absolute atomic E-state index is 8.96. The molecule has 2 N–H and O–H groups in total. The number of hydrogen-bond acceptors (Lipinski definition) is 3. The van der Waals surface area contributed by atoms with E-state index < -0.39 is 7.12 Å². The Balaban J connectivity index is 2.62. The molecule has 0 spiro atoms. The molecule has 2 rings (SSSR count). The van der Waals surface area contributed by atoms with Crippen LogP contribution in [-0.4, -0.2) is 17.2 Å². The molecule has 0 aliphatic rings. The van der Waals surface area contributed by atoms with E-state index in [4.69, 9.17) is 10.0 Å². The Morgan fingerprint density at radius 2 is 2.00 bits per heavy atom. The van der Waals surface area contributed by atoms with Crippen molar-refractivity contribution in [3.05, 3.63) is 29.8 Å². The number of rotatable bonds is 1. The van der Waals surface area contributed by atoms with Gasteiger partial charge in [0.2, 0.25) is 0 Å². The van der Waals surface area contributed by atoms with Gasteiger partial charge >= 0.3 is 7.12 Å². The molecule has 1 aromatic heterocycles. The molecule has 0 aliphatic carbocycles. The molecular weight excluding hydrogens is 183 g/mol. The fraction of sp³-hybridized carbons (Fsp3) is 0.111. The van der Waals surface area contributed by atoms with Crippen molar-refractivity contribution in [2.45, 2.75) is 6.92 Å². The van der Waals surface area contributed by atoms with E-state index in [0.717, 1.165) is 10.1 Å². The van der Waals surface area contributed by atoms with E-state index in [2.05, 4.69) is 0 Å². The Labute approximate surface area is 80.6 Å². The van der Waals surface area contributed by atoms with E-state index in [-0.39, 0.29) is 0 Å². The van der Waals surface area contributed by atoms with E-state index >= 15 is 0 Å². The minimum absolute atomic E-state index is 0.598. The zero-order valence-electron chi connectivity index (χ0n) is 7.19. The first-order chi connectivity index (χ1) is 6.16. The number of hydrogen-bond donors (Lipinski definition) is 2. The third-order valence-electron chi connectivity index (χ3n) is 1.95. The summed E-state index contributed by atoms with van der Waals surface area (Å²) in [4.78, 5) is 0. The zero-order chi connectivity index (χ0) is 9.42. The maximum atomic E-state index is 8.96. The van der Waals surface area contributed by atoms with Crippen molar-refractivity contribution in [2.75, 3.05) is 0 Å². The molecule has 4 heteroatoms. The van der Waals surface area contributed by atoms with Gasteiger partial charge in [0.25, 0.3) is 0 Å². The summed E-state index contributed by atoms with van der Waals surface area (Å²) in [5, 5.41) is 19.0. The summed E-state index contributed by atoms with van der Waals surface area (Å²) in [6.45, 7) is 2.02. The second-order valence-corrected chi connectivity index (χ2v) is 4.18. The number of thiophene rings is 1. The summed E-state index contributed by atoms with van der Waals surface area (Å²) in [6.07, 6.45) is 0. The molecule has 0 radical (unpaired) electrons. The molecule has 1 heterocycles. The van der Waals surface area contributed by atoms with Gasteiger partial charge in [0.15, 0.2) is 0 Å². The Morgan fingerprint density at radius 1 is 1.23 bits per heavy atom. The molecule has 0 fully saturated rings. The number of aryl methyl sites for hydroxylation is 1. The topological polar surface area (TPSA) is 40.5 Å². The molecule has 2 aromatic rings. The highest BCUT2D eigenvalue weighted by Crippen LogP contribution is 2.20. The minimum atomic E-state index is -1.35. The van der Waals surface area contributed by atoms with Gasteiger partial charge in [-0.25, -0.2) is 0 Å². The molecule has 0 atom stereocenters. The first-order valence-corrected chi connectivity index (χ1v) is 4.85. The molecule has 0 unspecified atom stereocenters. The van der Waals surface area contributed by atoms with Crippen LogP contribution in [0.25, 0.3) is 10.1 Å². The van der Waals surface area contributed by atoms with Crippen LogP contribution in [-0.2, 0) is 0 Å². The fourth-order valence-corrected chi connectivity index (χ4v) is 2.23. The van der Waals surface area contributed by atoms with Crippen molar-refractivity contribution in [1.29, 1.82) is 0 Å². The standard InChI is InChI=1S/C9H9BO2S/c1-6-2-3-8-7(4-6)5-9(13-8)10(11)12/h2-5,11-12H,1H3. The van der Waals surface area contributed by atoms with Gasteiger partial charge < -0.3 is 10.0 Å². The van der Waals surface area contributed by atoms with Gasteiger partial charge in [-0.15, -0.1) is 11.3 Å². The normalized spacial score (nSPS) is 10.7. The summed E-state index contributed by atoms with van der Waals surface area (Å²) in [5.74, 6) is 0. The molecule has 13 heavy (non-hydrogen) atoms. The molecule has 0 amide bonds. The van der Waals surface area contributed by atoms with Crippen molar-refractivity contribution < 1.29 is 10.0 Å².